The molecular formula is C26H23F5N4O. The minimum absolute atomic E-state index is 0.00130. The highest BCUT2D eigenvalue weighted by molar-refractivity contribution is 5.99. The quantitative estimate of drug-likeness (QED) is 0.410. The first-order valence-electron chi connectivity index (χ1n) is 11.6. The zero-order valence-electron chi connectivity index (χ0n) is 19.6. The van der Waals surface area contributed by atoms with Gasteiger partial charge >= 0.3 is 6.18 Å². The second kappa shape index (κ2) is 8.53. The lowest BCUT2D eigenvalue weighted by atomic mass is 9.94. The van der Waals surface area contributed by atoms with Gasteiger partial charge in [-0.05, 0) is 62.6 Å². The molecule has 1 fully saturated rings. The van der Waals surface area contributed by atoms with E-state index in [0.717, 1.165) is 12.1 Å². The van der Waals surface area contributed by atoms with Crippen LogP contribution >= 0.6 is 0 Å². The lowest BCUT2D eigenvalue weighted by Crippen LogP contribution is -2.28. The molecule has 0 spiro atoms. The molecule has 2 aliphatic rings. The molecule has 1 aliphatic heterocycles. The number of amides is 1. The van der Waals surface area contributed by atoms with E-state index >= 15 is 8.78 Å². The van der Waals surface area contributed by atoms with Gasteiger partial charge in [-0.3, -0.25) is 9.78 Å². The SMILES string of the molecule is CCN1Cc2c(ccnc2NC(C)c2cc(F)c(-c3cc(C4(C(F)(F)F)CC4)ccn3)cc2F)C1=O. The molecule has 0 radical (unpaired) electrons. The molecular weight excluding hydrogens is 479 g/mol. The van der Waals surface area contributed by atoms with Crippen LogP contribution in [0, 0.1) is 11.6 Å². The molecule has 1 aliphatic carbocycles. The highest BCUT2D eigenvalue weighted by Gasteiger charge is 2.64. The van der Waals surface area contributed by atoms with E-state index in [4.69, 9.17) is 0 Å². The van der Waals surface area contributed by atoms with Crippen molar-refractivity contribution < 1.29 is 26.7 Å². The van der Waals surface area contributed by atoms with E-state index in [1.165, 1.54) is 24.5 Å². The molecule has 5 nitrogen and oxygen atoms in total. The summed E-state index contributed by atoms with van der Waals surface area (Å²) in [6.07, 6.45) is -1.84. The van der Waals surface area contributed by atoms with Crippen molar-refractivity contribution in [3.05, 3.63) is 76.6 Å². The summed E-state index contributed by atoms with van der Waals surface area (Å²) < 4.78 is 70.9. The van der Waals surface area contributed by atoms with Gasteiger partial charge in [0.05, 0.1) is 23.7 Å². The third-order valence-electron chi connectivity index (χ3n) is 7.09. The first-order chi connectivity index (χ1) is 17.1. The first-order valence-corrected chi connectivity index (χ1v) is 11.6. The third kappa shape index (κ3) is 3.88. The number of aromatic nitrogens is 2. The number of carbonyl (C=O) groups is 1. The van der Waals surface area contributed by atoms with E-state index in [-0.39, 0.29) is 41.1 Å². The Morgan fingerprint density at radius 1 is 1.06 bits per heavy atom. The Labute approximate surface area is 204 Å². The van der Waals surface area contributed by atoms with Crippen LogP contribution in [-0.4, -0.2) is 33.5 Å². The number of carbonyl (C=O) groups excluding carboxylic acids is 1. The normalized spacial score (nSPS) is 17.2. The highest BCUT2D eigenvalue weighted by Crippen LogP contribution is 2.59. The van der Waals surface area contributed by atoms with Gasteiger partial charge in [0.2, 0.25) is 0 Å². The average molecular weight is 502 g/mol. The van der Waals surface area contributed by atoms with Crippen LogP contribution in [0.4, 0.5) is 27.8 Å². The van der Waals surface area contributed by atoms with Crippen molar-refractivity contribution in [2.24, 2.45) is 0 Å². The van der Waals surface area contributed by atoms with E-state index < -0.39 is 29.3 Å². The minimum atomic E-state index is -4.43. The standard InChI is InChI=1S/C26H23F5N4O/c1-3-35-13-19-16(24(35)36)5-9-33-23(19)34-14(2)17-11-21(28)18(12-20(17)27)22-10-15(4-8-32-22)25(6-7-25)26(29,30)31/h4-5,8-12,14H,3,6-7,13H2,1-2H3,(H,33,34). The molecule has 1 amide bonds. The first kappa shape index (κ1) is 24.1. The van der Waals surface area contributed by atoms with Crippen LogP contribution < -0.4 is 5.32 Å². The van der Waals surface area contributed by atoms with E-state index in [0.29, 0.717) is 30.0 Å². The van der Waals surface area contributed by atoms with Crippen LogP contribution in [0.5, 0.6) is 0 Å². The maximum Gasteiger partial charge on any atom is 0.398 e. The smallest absolute Gasteiger partial charge is 0.363 e. The van der Waals surface area contributed by atoms with Crippen LogP contribution in [0.1, 0.15) is 59.8 Å². The fraction of sp³-hybridized carbons (Fsp3) is 0.346. The summed E-state index contributed by atoms with van der Waals surface area (Å²) in [5, 5.41) is 3.07. The van der Waals surface area contributed by atoms with Gasteiger partial charge in [0.15, 0.2) is 0 Å². The average Bonchev–Trinajstić information content (AvgIpc) is 3.60. The van der Waals surface area contributed by atoms with Crippen LogP contribution in [0.3, 0.4) is 0 Å². The molecule has 3 aromatic rings. The summed E-state index contributed by atoms with van der Waals surface area (Å²) >= 11 is 0. The van der Waals surface area contributed by atoms with Crippen molar-refractivity contribution in [1.82, 2.24) is 14.9 Å². The number of fused-ring (bicyclic) bond motifs is 1. The predicted octanol–water partition coefficient (Wildman–Crippen LogP) is 6.16. The number of rotatable bonds is 6. The number of anilines is 1. The molecule has 1 saturated carbocycles. The third-order valence-corrected chi connectivity index (χ3v) is 7.09. The van der Waals surface area contributed by atoms with Crippen LogP contribution in [0.15, 0.2) is 42.7 Å². The zero-order chi connectivity index (χ0) is 25.8. The van der Waals surface area contributed by atoms with Gasteiger partial charge in [-0.25, -0.2) is 13.8 Å². The summed E-state index contributed by atoms with van der Waals surface area (Å²) in [7, 11) is 0. The molecule has 0 saturated heterocycles. The van der Waals surface area contributed by atoms with Crippen molar-refractivity contribution in [3.8, 4) is 11.3 Å². The van der Waals surface area contributed by atoms with E-state index in [2.05, 4.69) is 15.3 Å². The Bertz CT molecular complexity index is 1350. The molecule has 0 bridgehead atoms. The Hall–Kier alpha value is -3.56. The Kier molecular flexibility index (Phi) is 5.72. The van der Waals surface area contributed by atoms with Crippen molar-refractivity contribution in [2.75, 3.05) is 11.9 Å². The zero-order valence-corrected chi connectivity index (χ0v) is 19.6. The number of nitrogens with one attached hydrogen (secondary N) is 1. The lowest BCUT2D eigenvalue weighted by molar-refractivity contribution is -0.160. The maximum atomic E-state index is 15.2. The molecule has 5 rings (SSSR count). The monoisotopic (exact) mass is 502 g/mol. The fourth-order valence-corrected chi connectivity index (χ4v) is 4.78. The van der Waals surface area contributed by atoms with Gasteiger partial charge in [0, 0.05) is 41.2 Å². The van der Waals surface area contributed by atoms with Crippen molar-refractivity contribution in [3.63, 3.8) is 0 Å². The molecule has 188 valence electrons. The van der Waals surface area contributed by atoms with E-state index in [1.807, 2.05) is 6.92 Å². The number of alkyl halides is 3. The number of hydrogen-bond acceptors (Lipinski definition) is 4. The van der Waals surface area contributed by atoms with Crippen LogP contribution in [0.2, 0.25) is 0 Å². The van der Waals surface area contributed by atoms with Crippen molar-refractivity contribution in [1.29, 1.82) is 0 Å². The van der Waals surface area contributed by atoms with Gasteiger partial charge in [-0.15, -0.1) is 0 Å². The van der Waals surface area contributed by atoms with Crippen molar-refractivity contribution >= 4 is 11.7 Å². The Morgan fingerprint density at radius 2 is 1.78 bits per heavy atom. The van der Waals surface area contributed by atoms with E-state index in [9.17, 15) is 18.0 Å². The van der Waals surface area contributed by atoms with Crippen LogP contribution in [0.25, 0.3) is 11.3 Å². The van der Waals surface area contributed by atoms with Gasteiger partial charge in [0.1, 0.15) is 17.5 Å². The molecule has 1 aromatic carbocycles. The molecule has 10 heteroatoms. The molecule has 1 atom stereocenters. The fourth-order valence-electron chi connectivity index (χ4n) is 4.78. The highest BCUT2D eigenvalue weighted by atomic mass is 19.4. The molecule has 2 aromatic heterocycles. The maximum absolute atomic E-state index is 15.2. The molecule has 36 heavy (non-hydrogen) atoms. The number of pyridine rings is 2. The van der Waals surface area contributed by atoms with Gasteiger partial charge < -0.3 is 10.2 Å². The number of nitrogens with zero attached hydrogens (tertiary/aromatic N) is 3. The number of benzene rings is 1. The number of halogens is 5. The summed E-state index contributed by atoms with van der Waals surface area (Å²) in [5.74, 6) is -1.25. The second-order valence-corrected chi connectivity index (χ2v) is 9.23. The Morgan fingerprint density at radius 3 is 2.44 bits per heavy atom. The summed E-state index contributed by atoms with van der Waals surface area (Å²) in [4.78, 5) is 22.4. The van der Waals surface area contributed by atoms with Gasteiger partial charge in [-0.2, -0.15) is 13.2 Å². The van der Waals surface area contributed by atoms with Gasteiger partial charge in [0.25, 0.3) is 5.91 Å². The van der Waals surface area contributed by atoms with Gasteiger partial charge in [-0.1, -0.05) is 0 Å². The lowest BCUT2D eigenvalue weighted by Gasteiger charge is -2.20. The molecule has 1 N–H and O–H groups in total. The Balaban J connectivity index is 1.43. The summed E-state index contributed by atoms with van der Waals surface area (Å²) in [6.45, 7) is 4.39. The predicted molar refractivity (Wildman–Crippen MR) is 123 cm³/mol. The van der Waals surface area contributed by atoms with E-state index in [1.54, 1.807) is 17.9 Å². The minimum Gasteiger partial charge on any atom is -0.363 e. The second-order valence-electron chi connectivity index (χ2n) is 9.23. The molecule has 3 heterocycles. The topological polar surface area (TPSA) is 58.1 Å². The summed E-state index contributed by atoms with van der Waals surface area (Å²) in [5.41, 5.74) is -1.01. The number of hydrogen-bond donors (Lipinski definition) is 1. The summed E-state index contributed by atoms with van der Waals surface area (Å²) in [6, 6.07) is 5.34. The van der Waals surface area contributed by atoms with Crippen LogP contribution in [-0.2, 0) is 12.0 Å². The van der Waals surface area contributed by atoms with Crippen molar-refractivity contribution in [2.45, 2.75) is 50.9 Å². The molecule has 1 unspecified atom stereocenters. The largest absolute Gasteiger partial charge is 0.398 e.